The van der Waals surface area contributed by atoms with Crippen molar-refractivity contribution in [1.29, 1.82) is 0 Å². The Kier molecular flexibility index (Phi) is 5.78. The molecule has 3 heterocycles. The molecule has 0 bridgehead atoms. The zero-order valence-electron chi connectivity index (χ0n) is 17.4. The number of aromatic nitrogens is 2. The number of hydrogen-bond acceptors (Lipinski definition) is 6. The van der Waals surface area contributed by atoms with Gasteiger partial charge < -0.3 is 5.11 Å². The molecule has 1 fully saturated rings. The molecule has 32 heavy (non-hydrogen) atoms. The number of nitrogens with zero attached hydrogens (tertiary/aromatic N) is 3. The van der Waals surface area contributed by atoms with Gasteiger partial charge in [-0.15, -0.1) is 11.3 Å². The second-order valence-electron chi connectivity index (χ2n) is 8.15. The number of piperidine rings is 1. The van der Waals surface area contributed by atoms with E-state index in [1.54, 1.807) is 6.07 Å². The van der Waals surface area contributed by atoms with Gasteiger partial charge in [-0.3, -0.25) is 9.69 Å². The summed E-state index contributed by atoms with van der Waals surface area (Å²) < 4.78 is 0.909. The molecule has 7 heteroatoms. The van der Waals surface area contributed by atoms with E-state index in [-0.39, 0.29) is 5.56 Å². The molecule has 2 aromatic heterocycles. The molecule has 1 saturated heterocycles. The van der Waals surface area contributed by atoms with Gasteiger partial charge in [0.25, 0.3) is 5.56 Å². The Bertz CT molecular complexity index is 1310. The van der Waals surface area contributed by atoms with Crippen LogP contribution < -0.4 is 5.56 Å². The van der Waals surface area contributed by atoms with E-state index in [9.17, 15) is 9.90 Å². The van der Waals surface area contributed by atoms with Crippen molar-refractivity contribution >= 4 is 33.0 Å². The fourth-order valence-electron chi connectivity index (χ4n) is 4.17. The van der Waals surface area contributed by atoms with Crippen LogP contribution in [0.4, 0.5) is 0 Å². The van der Waals surface area contributed by atoms with Crippen LogP contribution in [0.15, 0.2) is 71.5 Å². The first-order valence-corrected chi connectivity index (χ1v) is 11.8. The maximum absolute atomic E-state index is 12.4. The van der Waals surface area contributed by atoms with Gasteiger partial charge in [0.05, 0.1) is 22.4 Å². The van der Waals surface area contributed by atoms with E-state index in [1.165, 1.54) is 11.3 Å². The Balaban J connectivity index is 1.31. The second kappa shape index (κ2) is 8.71. The lowest BCUT2D eigenvalue weighted by molar-refractivity contribution is -0.0279. The Labute approximate surface area is 195 Å². The number of halogens is 1. The van der Waals surface area contributed by atoms with Gasteiger partial charge in [-0.1, -0.05) is 41.9 Å². The highest BCUT2D eigenvalue weighted by Gasteiger charge is 2.34. The van der Waals surface area contributed by atoms with Crippen LogP contribution in [0.5, 0.6) is 0 Å². The minimum atomic E-state index is -0.822. The van der Waals surface area contributed by atoms with Gasteiger partial charge in [-0.05, 0) is 54.8 Å². The second-order valence-corrected chi connectivity index (χ2v) is 9.62. The number of hydrogen-bond donors (Lipinski definition) is 1. The molecule has 0 atom stereocenters. The first-order valence-electron chi connectivity index (χ1n) is 10.6. The number of pyridine rings is 1. The number of likely N-dealkylation sites (tertiary alicyclic amines) is 1. The summed E-state index contributed by atoms with van der Waals surface area (Å²) >= 11 is 7.46. The first-order chi connectivity index (χ1) is 15.5. The Hall–Kier alpha value is -2.64. The van der Waals surface area contributed by atoms with Gasteiger partial charge in [0.15, 0.2) is 0 Å². The quantitative estimate of drug-likeness (QED) is 0.468. The number of fused-ring (bicyclic) bond motifs is 1. The highest BCUT2D eigenvalue weighted by Crippen LogP contribution is 2.34. The van der Waals surface area contributed by atoms with Gasteiger partial charge >= 0.3 is 0 Å². The monoisotopic (exact) mass is 463 g/mol. The summed E-state index contributed by atoms with van der Waals surface area (Å²) in [6.45, 7) is 2.23. The number of rotatable bonds is 4. The van der Waals surface area contributed by atoms with Crippen LogP contribution in [-0.4, -0.2) is 33.1 Å². The first kappa shape index (κ1) is 21.2. The molecule has 5 nitrogen and oxygen atoms in total. The third kappa shape index (κ3) is 4.32. The molecule has 4 aromatic rings. The van der Waals surface area contributed by atoms with Gasteiger partial charge in [0, 0.05) is 29.4 Å². The standard InChI is InChI=1S/C25H22ClN3O2S/c26-18-10-8-17(9-11-18)25(31)12-14-29(15-13-25)16-19-4-3-6-21(27-19)24-28-23(30)20-5-1-2-7-22(20)32-24/h1-11,31H,12-16H2. The molecule has 0 unspecified atom stereocenters. The van der Waals surface area contributed by atoms with Crippen molar-refractivity contribution in [2.45, 2.75) is 25.0 Å². The lowest BCUT2D eigenvalue weighted by Gasteiger charge is -2.38. The van der Waals surface area contributed by atoms with E-state index in [2.05, 4.69) is 9.88 Å². The maximum Gasteiger partial charge on any atom is 0.279 e. The van der Waals surface area contributed by atoms with Crippen LogP contribution in [0.1, 0.15) is 24.1 Å². The van der Waals surface area contributed by atoms with Crippen LogP contribution in [0.3, 0.4) is 0 Å². The predicted octanol–water partition coefficient (Wildman–Crippen LogP) is 4.86. The molecular weight excluding hydrogens is 442 g/mol. The predicted molar refractivity (Wildman–Crippen MR) is 129 cm³/mol. The van der Waals surface area contributed by atoms with Gasteiger partial charge in [-0.25, -0.2) is 4.98 Å². The smallest absolute Gasteiger partial charge is 0.279 e. The highest BCUT2D eigenvalue weighted by atomic mass is 35.5. The average Bonchev–Trinajstić information content (AvgIpc) is 2.81. The van der Waals surface area contributed by atoms with Crippen molar-refractivity contribution in [2.24, 2.45) is 0 Å². The van der Waals surface area contributed by atoms with Crippen molar-refractivity contribution in [3.63, 3.8) is 0 Å². The van der Waals surface area contributed by atoms with E-state index >= 15 is 0 Å². The molecular formula is C25H22ClN3O2S. The summed E-state index contributed by atoms with van der Waals surface area (Å²) in [5.41, 5.74) is 1.51. The largest absolute Gasteiger partial charge is 0.385 e. The zero-order chi connectivity index (χ0) is 22.1. The zero-order valence-corrected chi connectivity index (χ0v) is 18.9. The van der Waals surface area contributed by atoms with Crippen molar-refractivity contribution in [1.82, 2.24) is 14.9 Å². The summed E-state index contributed by atoms with van der Waals surface area (Å²) in [6.07, 6.45) is 1.31. The topological polar surface area (TPSA) is 66.3 Å². The molecule has 0 radical (unpaired) electrons. The average molecular weight is 464 g/mol. The summed E-state index contributed by atoms with van der Waals surface area (Å²) in [5, 5.41) is 13.0. The third-order valence-corrected chi connectivity index (χ3v) is 7.33. The van der Waals surface area contributed by atoms with Gasteiger partial charge in [0.2, 0.25) is 0 Å². The van der Waals surface area contributed by atoms with Crippen LogP contribution in [0, 0.1) is 0 Å². The Morgan fingerprint density at radius 1 is 0.969 bits per heavy atom. The summed E-state index contributed by atoms with van der Waals surface area (Å²) in [6, 6.07) is 20.8. The normalized spacial score (nSPS) is 16.3. The van der Waals surface area contributed by atoms with E-state index in [1.807, 2.05) is 60.7 Å². The van der Waals surface area contributed by atoms with E-state index in [0.29, 0.717) is 40.5 Å². The maximum atomic E-state index is 12.4. The lowest BCUT2D eigenvalue weighted by atomic mass is 9.84. The van der Waals surface area contributed by atoms with Gasteiger partial charge in [-0.2, -0.15) is 4.98 Å². The van der Waals surface area contributed by atoms with Crippen LogP contribution in [0.25, 0.3) is 20.8 Å². The molecule has 0 aliphatic carbocycles. The molecule has 162 valence electrons. The van der Waals surface area contributed by atoms with Gasteiger partial charge in [0.1, 0.15) is 5.01 Å². The van der Waals surface area contributed by atoms with E-state index < -0.39 is 5.60 Å². The fourth-order valence-corrected chi connectivity index (χ4v) is 5.26. The molecule has 1 aliphatic heterocycles. The SMILES string of the molecule is O=c1nc(-c2cccc(CN3CCC(O)(c4ccc(Cl)cc4)CC3)n2)sc2ccccc12. The van der Waals surface area contributed by atoms with E-state index in [0.717, 1.165) is 29.0 Å². The molecule has 5 rings (SSSR count). The van der Waals surface area contributed by atoms with Crippen LogP contribution in [-0.2, 0) is 12.1 Å². The molecule has 2 aromatic carbocycles. The Morgan fingerprint density at radius 3 is 2.50 bits per heavy atom. The molecule has 1 N–H and O–H groups in total. The third-order valence-electron chi connectivity index (χ3n) is 6.00. The molecule has 0 spiro atoms. The Morgan fingerprint density at radius 2 is 1.72 bits per heavy atom. The van der Waals surface area contributed by atoms with Crippen LogP contribution >= 0.6 is 22.9 Å². The summed E-state index contributed by atoms with van der Waals surface area (Å²) in [5.74, 6) is 0. The van der Waals surface area contributed by atoms with Crippen molar-refractivity contribution in [3.8, 4) is 10.7 Å². The fraction of sp³-hybridized carbons (Fsp3) is 0.240. The van der Waals surface area contributed by atoms with E-state index in [4.69, 9.17) is 16.6 Å². The highest BCUT2D eigenvalue weighted by molar-refractivity contribution is 7.21. The molecule has 0 saturated carbocycles. The van der Waals surface area contributed by atoms with Crippen molar-refractivity contribution < 1.29 is 5.11 Å². The number of benzene rings is 2. The van der Waals surface area contributed by atoms with Crippen molar-refractivity contribution in [3.05, 3.63) is 93.4 Å². The molecule has 0 amide bonds. The minimum Gasteiger partial charge on any atom is -0.385 e. The summed E-state index contributed by atoms with van der Waals surface area (Å²) in [4.78, 5) is 23.7. The van der Waals surface area contributed by atoms with Crippen LogP contribution in [0.2, 0.25) is 5.02 Å². The number of aliphatic hydroxyl groups is 1. The van der Waals surface area contributed by atoms with Crippen molar-refractivity contribution in [2.75, 3.05) is 13.1 Å². The molecule has 1 aliphatic rings. The lowest BCUT2D eigenvalue weighted by Crippen LogP contribution is -2.42. The summed E-state index contributed by atoms with van der Waals surface area (Å²) in [7, 11) is 0. The minimum absolute atomic E-state index is 0.223.